The molecule has 0 N–H and O–H groups in total. The van der Waals surface area contributed by atoms with Crippen molar-refractivity contribution in [3.05, 3.63) is 23.8 Å². The van der Waals surface area contributed by atoms with Crippen LogP contribution in [0.5, 0.6) is 11.5 Å². The number of hydrogen-bond acceptors (Lipinski definition) is 5. The SMILES string of the molecule is CCOc1ccc(/C=N/OCC(=O)N(CC)C2CCCCC2)cc1OC. The number of benzene rings is 1. The second kappa shape index (κ2) is 10.7. The molecule has 1 fully saturated rings. The molecule has 1 aliphatic rings. The smallest absolute Gasteiger partial charge is 0.263 e. The molecule has 1 amide bonds. The van der Waals surface area contributed by atoms with Crippen molar-refractivity contribution in [3.63, 3.8) is 0 Å². The molecule has 1 saturated carbocycles. The first-order chi connectivity index (χ1) is 12.7. The molecule has 0 heterocycles. The molecule has 0 aliphatic heterocycles. The summed E-state index contributed by atoms with van der Waals surface area (Å²) in [6.45, 7) is 5.19. The predicted molar refractivity (Wildman–Crippen MR) is 102 cm³/mol. The van der Waals surface area contributed by atoms with E-state index in [1.807, 2.05) is 36.9 Å². The number of carbonyl (C=O) groups excluding carboxylic acids is 1. The Labute approximate surface area is 156 Å². The van der Waals surface area contributed by atoms with E-state index in [0.717, 1.165) is 18.4 Å². The molecule has 0 unspecified atom stereocenters. The average molecular weight is 362 g/mol. The van der Waals surface area contributed by atoms with E-state index in [1.54, 1.807) is 13.3 Å². The minimum Gasteiger partial charge on any atom is -0.493 e. The normalized spacial score (nSPS) is 15.0. The van der Waals surface area contributed by atoms with Crippen molar-refractivity contribution in [2.45, 2.75) is 52.0 Å². The summed E-state index contributed by atoms with van der Waals surface area (Å²) < 4.78 is 10.8. The zero-order valence-electron chi connectivity index (χ0n) is 16.1. The van der Waals surface area contributed by atoms with Gasteiger partial charge >= 0.3 is 0 Å². The van der Waals surface area contributed by atoms with Crippen LogP contribution in [0, 0.1) is 0 Å². The molecule has 2 rings (SSSR count). The van der Waals surface area contributed by atoms with Crippen molar-refractivity contribution in [1.82, 2.24) is 4.90 Å². The van der Waals surface area contributed by atoms with Crippen molar-refractivity contribution >= 4 is 12.1 Å². The Morgan fingerprint density at radius 2 is 2.00 bits per heavy atom. The van der Waals surface area contributed by atoms with Crippen LogP contribution in [0.4, 0.5) is 0 Å². The fourth-order valence-corrected chi connectivity index (χ4v) is 3.34. The second-order valence-corrected chi connectivity index (χ2v) is 6.32. The summed E-state index contributed by atoms with van der Waals surface area (Å²) in [5, 5.41) is 3.93. The Morgan fingerprint density at radius 1 is 1.23 bits per heavy atom. The Hall–Kier alpha value is -2.24. The van der Waals surface area contributed by atoms with Gasteiger partial charge in [0, 0.05) is 18.2 Å². The van der Waals surface area contributed by atoms with Gasteiger partial charge in [-0.25, -0.2) is 0 Å². The highest BCUT2D eigenvalue weighted by Crippen LogP contribution is 2.27. The van der Waals surface area contributed by atoms with E-state index in [0.29, 0.717) is 30.7 Å². The molecule has 0 radical (unpaired) electrons. The quantitative estimate of drug-likeness (QED) is 0.497. The van der Waals surface area contributed by atoms with Gasteiger partial charge in [-0.2, -0.15) is 0 Å². The molecular weight excluding hydrogens is 332 g/mol. The minimum atomic E-state index is -0.0327. The van der Waals surface area contributed by atoms with Gasteiger partial charge in [0.1, 0.15) is 0 Å². The largest absolute Gasteiger partial charge is 0.493 e. The van der Waals surface area contributed by atoms with E-state index in [2.05, 4.69) is 5.16 Å². The molecule has 1 aliphatic carbocycles. The van der Waals surface area contributed by atoms with Crippen molar-refractivity contribution < 1.29 is 19.1 Å². The summed E-state index contributed by atoms with van der Waals surface area (Å²) in [4.78, 5) is 19.5. The summed E-state index contributed by atoms with van der Waals surface area (Å²) in [5.41, 5.74) is 0.817. The van der Waals surface area contributed by atoms with Crippen LogP contribution < -0.4 is 9.47 Å². The van der Waals surface area contributed by atoms with E-state index in [9.17, 15) is 4.79 Å². The first-order valence-electron chi connectivity index (χ1n) is 9.45. The summed E-state index contributed by atoms with van der Waals surface area (Å²) in [5.74, 6) is 1.33. The summed E-state index contributed by atoms with van der Waals surface area (Å²) >= 11 is 0. The molecule has 1 aromatic rings. The zero-order valence-corrected chi connectivity index (χ0v) is 16.1. The number of carbonyl (C=O) groups is 1. The Bertz CT molecular complexity index is 597. The maximum absolute atomic E-state index is 12.4. The van der Waals surface area contributed by atoms with Crippen LogP contribution in [0.1, 0.15) is 51.5 Å². The summed E-state index contributed by atoms with van der Waals surface area (Å²) in [7, 11) is 1.60. The number of likely N-dealkylation sites (N-methyl/N-ethyl adjacent to an activating group) is 1. The first-order valence-corrected chi connectivity index (χ1v) is 9.45. The molecule has 26 heavy (non-hydrogen) atoms. The summed E-state index contributed by atoms with van der Waals surface area (Å²) in [6.07, 6.45) is 7.43. The molecular formula is C20H30N2O4. The zero-order chi connectivity index (χ0) is 18.8. The van der Waals surface area contributed by atoms with Crippen LogP contribution in [0.3, 0.4) is 0 Å². The van der Waals surface area contributed by atoms with Gasteiger partial charge in [-0.3, -0.25) is 4.79 Å². The van der Waals surface area contributed by atoms with Crippen molar-refractivity contribution in [2.75, 3.05) is 26.9 Å². The molecule has 0 saturated heterocycles. The average Bonchev–Trinajstić information content (AvgIpc) is 2.68. The third-order valence-electron chi connectivity index (χ3n) is 4.63. The van der Waals surface area contributed by atoms with Gasteiger partial charge in [-0.1, -0.05) is 24.4 Å². The molecule has 0 bridgehead atoms. The van der Waals surface area contributed by atoms with Crippen LogP contribution in [-0.4, -0.2) is 49.9 Å². The van der Waals surface area contributed by atoms with Gasteiger partial charge in [-0.05, 0) is 44.9 Å². The topological polar surface area (TPSA) is 60.4 Å². The van der Waals surface area contributed by atoms with Gasteiger partial charge in [-0.15, -0.1) is 0 Å². The fraction of sp³-hybridized carbons (Fsp3) is 0.600. The van der Waals surface area contributed by atoms with Gasteiger partial charge in [0.05, 0.1) is 19.9 Å². The lowest BCUT2D eigenvalue weighted by Gasteiger charge is -2.33. The molecule has 6 nitrogen and oxygen atoms in total. The predicted octanol–water partition coefficient (Wildman–Crippen LogP) is 3.63. The van der Waals surface area contributed by atoms with Gasteiger partial charge in [0.2, 0.25) is 0 Å². The number of ether oxygens (including phenoxy) is 2. The van der Waals surface area contributed by atoms with E-state index in [4.69, 9.17) is 14.3 Å². The van der Waals surface area contributed by atoms with Gasteiger partial charge in [0.25, 0.3) is 5.91 Å². The number of nitrogens with zero attached hydrogens (tertiary/aromatic N) is 2. The van der Waals surface area contributed by atoms with Crippen LogP contribution in [-0.2, 0) is 9.63 Å². The third kappa shape index (κ3) is 5.64. The first kappa shape index (κ1) is 20.1. The van der Waals surface area contributed by atoms with Crippen LogP contribution in [0.2, 0.25) is 0 Å². The maximum Gasteiger partial charge on any atom is 0.263 e. The standard InChI is InChI=1S/C20H30N2O4/c1-4-22(17-9-7-6-8-10-17)20(23)15-26-21-14-16-11-12-18(25-5-2)19(13-16)24-3/h11-14,17H,4-10,15H2,1-3H3/b21-14+. The fourth-order valence-electron chi connectivity index (χ4n) is 3.34. The number of methoxy groups -OCH3 is 1. The minimum absolute atomic E-state index is 0.000763. The van der Waals surface area contributed by atoms with Gasteiger partial charge in [0.15, 0.2) is 18.1 Å². The lowest BCUT2D eigenvalue weighted by molar-refractivity contribution is -0.138. The van der Waals surface area contributed by atoms with Crippen molar-refractivity contribution in [1.29, 1.82) is 0 Å². The summed E-state index contributed by atoms with van der Waals surface area (Å²) in [6, 6.07) is 5.86. The molecule has 0 atom stereocenters. The van der Waals surface area contributed by atoms with Crippen LogP contribution in [0.25, 0.3) is 0 Å². The van der Waals surface area contributed by atoms with Gasteiger partial charge < -0.3 is 19.2 Å². The van der Waals surface area contributed by atoms with E-state index < -0.39 is 0 Å². The number of amides is 1. The van der Waals surface area contributed by atoms with Crippen molar-refractivity contribution in [3.8, 4) is 11.5 Å². The van der Waals surface area contributed by atoms with E-state index in [-0.39, 0.29) is 12.5 Å². The number of rotatable bonds is 9. The lowest BCUT2D eigenvalue weighted by atomic mass is 9.94. The van der Waals surface area contributed by atoms with Crippen LogP contribution in [0.15, 0.2) is 23.4 Å². The molecule has 144 valence electrons. The monoisotopic (exact) mass is 362 g/mol. The highest BCUT2D eigenvalue weighted by atomic mass is 16.6. The Morgan fingerprint density at radius 3 is 2.65 bits per heavy atom. The second-order valence-electron chi connectivity index (χ2n) is 6.32. The van der Waals surface area contributed by atoms with E-state index >= 15 is 0 Å². The van der Waals surface area contributed by atoms with Crippen molar-refractivity contribution in [2.24, 2.45) is 5.16 Å². The molecule has 1 aromatic carbocycles. The Kier molecular flexibility index (Phi) is 8.25. The molecule has 0 spiro atoms. The third-order valence-corrected chi connectivity index (χ3v) is 4.63. The highest BCUT2D eigenvalue weighted by Gasteiger charge is 2.24. The lowest BCUT2D eigenvalue weighted by Crippen LogP contribution is -2.42. The maximum atomic E-state index is 12.4. The number of oxime groups is 1. The molecule has 6 heteroatoms. The van der Waals surface area contributed by atoms with Crippen LogP contribution >= 0.6 is 0 Å². The molecule has 0 aromatic heterocycles. The Balaban J connectivity index is 1.86. The highest BCUT2D eigenvalue weighted by molar-refractivity contribution is 5.81. The van der Waals surface area contributed by atoms with E-state index in [1.165, 1.54) is 19.3 Å². The number of hydrogen-bond donors (Lipinski definition) is 0.